The third-order valence-corrected chi connectivity index (χ3v) is 3.11. The molecule has 0 spiro atoms. The van der Waals surface area contributed by atoms with Crippen molar-refractivity contribution in [2.75, 3.05) is 18.5 Å². The number of amides is 2. The Morgan fingerprint density at radius 1 is 1.60 bits per heavy atom. The lowest BCUT2D eigenvalue weighted by atomic mass is 10.0. The van der Waals surface area contributed by atoms with Crippen LogP contribution in [0.4, 0.5) is 10.5 Å². The molecule has 1 fully saturated rings. The summed E-state index contributed by atoms with van der Waals surface area (Å²) in [6.45, 7) is 5.15. The van der Waals surface area contributed by atoms with Crippen LogP contribution in [0.2, 0.25) is 0 Å². The predicted molar refractivity (Wildman–Crippen MR) is 60.4 cm³/mol. The van der Waals surface area contributed by atoms with E-state index in [9.17, 15) is 4.79 Å². The lowest BCUT2D eigenvalue weighted by Gasteiger charge is -2.38. The Bertz CT molecular complexity index is 371. The molecule has 15 heavy (non-hydrogen) atoms. The van der Waals surface area contributed by atoms with E-state index in [-0.39, 0.29) is 11.6 Å². The van der Waals surface area contributed by atoms with Gasteiger partial charge in [0.15, 0.2) is 0 Å². The van der Waals surface area contributed by atoms with Gasteiger partial charge in [0.05, 0.1) is 24.4 Å². The molecule has 2 rings (SSSR count). The Hall–Kier alpha value is -1.07. The van der Waals surface area contributed by atoms with Crippen molar-refractivity contribution >= 4 is 23.1 Å². The Morgan fingerprint density at radius 2 is 2.33 bits per heavy atom. The molecule has 0 aromatic carbocycles. The second kappa shape index (κ2) is 3.83. The van der Waals surface area contributed by atoms with Gasteiger partial charge in [-0.15, -0.1) is 11.3 Å². The molecular formula is C10H14N2O2S. The summed E-state index contributed by atoms with van der Waals surface area (Å²) in [6, 6.07) is 1.78. The van der Waals surface area contributed by atoms with Crippen molar-refractivity contribution in [2.24, 2.45) is 0 Å². The fraction of sp³-hybridized carbons (Fsp3) is 0.500. The van der Waals surface area contributed by atoms with Gasteiger partial charge in [-0.25, -0.2) is 4.79 Å². The molecule has 0 bridgehead atoms. The zero-order valence-corrected chi connectivity index (χ0v) is 9.61. The van der Waals surface area contributed by atoms with Crippen LogP contribution >= 0.6 is 11.3 Å². The highest BCUT2D eigenvalue weighted by Crippen LogP contribution is 2.19. The van der Waals surface area contributed by atoms with Gasteiger partial charge < -0.3 is 15.4 Å². The monoisotopic (exact) mass is 226 g/mol. The zero-order valence-electron chi connectivity index (χ0n) is 8.79. The van der Waals surface area contributed by atoms with Crippen LogP contribution in [-0.2, 0) is 4.74 Å². The molecule has 0 aliphatic carbocycles. The van der Waals surface area contributed by atoms with E-state index in [0.29, 0.717) is 13.2 Å². The Labute approximate surface area is 92.6 Å². The van der Waals surface area contributed by atoms with E-state index in [0.717, 1.165) is 5.69 Å². The molecule has 2 amide bonds. The first kappa shape index (κ1) is 10.4. The SMILES string of the molecule is Cc1cc(NC(=O)NC2(C)COC2)cs1. The summed E-state index contributed by atoms with van der Waals surface area (Å²) in [6.07, 6.45) is 0. The van der Waals surface area contributed by atoms with Crippen LogP contribution in [0.15, 0.2) is 11.4 Å². The molecule has 0 saturated carbocycles. The third kappa shape index (κ3) is 2.49. The standard InChI is InChI=1S/C10H14N2O2S/c1-7-3-8(4-15-7)11-9(13)12-10(2)5-14-6-10/h3-4H,5-6H2,1-2H3,(H2,11,12,13). The van der Waals surface area contributed by atoms with Gasteiger partial charge in [-0.2, -0.15) is 0 Å². The molecule has 2 heterocycles. The summed E-state index contributed by atoms with van der Waals surface area (Å²) in [5, 5.41) is 7.60. The van der Waals surface area contributed by atoms with Crippen LogP contribution < -0.4 is 10.6 Å². The maximum absolute atomic E-state index is 11.6. The van der Waals surface area contributed by atoms with Crippen molar-refractivity contribution < 1.29 is 9.53 Å². The number of aryl methyl sites for hydroxylation is 1. The molecule has 4 nitrogen and oxygen atoms in total. The fourth-order valence-corrected chi connectivity index (χ4v) is 2.06. The molecule has 0 unspecified atom stereocenters. The summed E-state index contributed by atoms with van der Waals surface area (Å²) < 4.78 is 5.05. The fourth-order valence-electron chi connectivity index (χ4n) is 1.43. The van der Waals surface area contributed by atoms with Gasteiger partial charge in [0.2, 0.25) is 0 Å². The second-order valence-electron chi connectivity index (χ2n) is 4.08. The number of rotatable bonds is 2. The highest BCUT2D eigenvalue weighted by molar-refractivity contribution is 7.10. The molecule has 0 atom stereocenters. The topological polar surface area (TPSA) is 50.4 Å². The Kier molecular flexibility index (Phi) is 2.67. The first-order valence-corrected chi connectivity index (χ1v) is 5.67. The predicted octanol–water partition coefficient (Wildman–Crippen LogP) is 1.97. The average Bonchev–Trinajstić information content (AvgIpc) is 2.48. The van der Waals surface area contributed by atoms with Gasteiger partial charge in [-0.1, -0.05) is 0 Å². The van der Waals surface area contributed by atoms with E-state index >= 15 is 0 Å². The van der Waals surface area contributed by atoms with E-state index in [1.807, 2.05) is 25.3 Å². The summed E-state index contributed by atoms with van der Waals surface area (Å²) in [4.78, 5) is 12.7. The largest absolute Gasteiger partial charge is 0.376 e. The number of anilines is 1. The number of nitrogens with one attached hydrogen (secondary N) is 2. The van der Waals surface area contributed by atoms with Gasteiger partial charge in [0, 0.05) is 10.3 Å². The maximum atomic E-state index is 11.6. The van der Waals surface area contributed by atoms with E-state index in [1.165, 1.54) is 4.88 Å². The number of thiophene rings is 1. The van der Waals surface area contributed by atoms with Crippen LogP contribution in [-0.4, -0.2) is 24.8 Å². The second-order valence-corrected chi connectivity index (χ2v) is 5.19. The average molecular weight is 226 g/mol. The molecule has 82 valence electrons. The summed E-state index contributed by atoms with van der Waals surface area (Å²) in [5.74, 6) is 0. The lowest BCUT2D eigenvalue weighted by Crippen LogP contribution is -2.60. The highest BCUT2D eigenvalue weighted by atomic mass is 32.1. The number of ether oxygens (including phenoxy) is 1. The van der Waals surface area contributed by atoms with Gasteiger partial charge in [0.25, 0.3) is 0 Å². The van der Waals surface area contributed by atoms with Crippen LogP contribution in [0, 0.1) is 6.92 Å². The van der Waals surface area contributed by atoms with Crippen molar-refractivity contribution in [3.05, 3.63) is 16.3 Å². The molecule has 2 N–H and O–H groups in total. The van der Waals surface area contributed by atoms with Crippen LogP contribution in [0.1, 0.15) is 11.8 Å². The normalized spacial score (nSPS) is 18.0. The first-order valence-electron chi connectivity index (χ1n) is 4.79. The molecule has 1 saturated heterocycles. The summed E-state index contributed by atoms with van der Waals surface area (Å²) in [7, 11) is 0. The molecule has 1 aliphatic heterocycles. The summed E-state index contributed by atoms with van der Waals surface area (Å²) >= 11 is 1.62. The number of carbonyl (C=O) groups is 1. The van der Waals surface area contributed by atoms with E-state index in [2.05, 4.69) is 10.6 Å². The molecule has 1 aromatic rings. The third-order valence-electron chi connectivity index (χ3n) is 2.24. The first-order chi connectivity index (χ1) is 7.07. The molecule has 0 radical (unpaired) electrons. The number of urea groups is 1. The van der Waals surface area contributed by atoms with Crippen molar-refractivity contribution in [3.8, 4) is 0 Å². The number of hydrogen-bond acceptors (Lipinski definition) is 3. The van der Waals surface area contributed by atoms with Crippen LogP contribution in [0.5, 0.6) is 0 Å². The van der Waals surface area contributed by atoms with Crippen molar-refractivity contribution in [1.82, 2.24) is 5.32 Å². The van der Waals surface area contributed by atoms with Crippen LogP contribution in [0.25, 0.3) is 0 Å². The number of carbonyl (C=O) groups excluding carboxylic acids is 1. The van der Waals surface area contributed by atoms with Crippen LogP contribution in [0.3, 0.4) is 0 Å². The van der Waals surface area contributed by atoms with E-state index in [4.69, 9.17) is 4.74 Å². The van der Waals surface area contributed by atoms with Crippen molar-refractivity contribution in [1.29, 1.82) is 0 Å². The maximum Gasteiger partial charge on any atom is 0.319 e. The van der Waals surface area contributed by atoms with Gasteiger partial charge in [0.1, 0.15) is 0 Å². The van der Waals surface area contributed by atoms with Gasteiger partial charge in [-0.05, 0) is 19.9 Å². The lowest BCUT2D eigenvalue weighted by molar-refractivity contribution is -0.0567. The Morgan fingerprint density at radius 3 is 2.80 bits per heavy atom. The van der Waals surface area contributed by atoms with Gasteiger partial charge >= 0.3 is 6.03 Å². The molecule has 1 aliphatic rings. The smallest absolute Gasteiger partial charge is 0.319 e. The molecule has 1 aromatic heterocycles. The highest BCUT2D eigenvalue weighted by Gasteiger charge is 2.34. The van der Waals surface area contributed by atoms with Gasteiger partial charge in [-0.3, -0.25) is 0 Å². The number of hydrogen-bond donors (Lipinski definition) is 2. The minimum atomic E-state index is -0.199. The van der Waals surface area contributed by atoms with Crippen molar-refractivity contribution in [2.45, 2.75) is 19.4 Å². The van der Waals surface area contributed by atoms with E-state index < -0.39 is 0 Å². The minimum absolute atomic E-state index is 0.168. The zero-order chi connectivity index (χ0) is 10.9. The minimum Gasteiger partial charge on any atom is -0.376 e. The van der Waals surface area contributed by atoms with Crippen molar-refractivity contribution in [3.63, 3.8) is 0 Å². The molecular weight excluding hydrogens is 212 g/mol. The van der Waals surface area contributed by atoms with E-state index in [1.54, 1.807) is 11.3 Å². The quantitative estimate of drug-likeness (QED) is 0.810. The molecule has 5 heteroatoms. The summed E-state index contributed by atoms with van der Waals surface area (Å²) in [5.41, 5.74) is 0.647. The Balaban J connectivity index is 1.87.